The maximum Gasteiger partial charge on any atom is 0.247 e. The van der Waals surface area contributed by atoms with Gasteiger partial charge in [0, 0.05) is 45.5 Å². The third-order valence-electron chi connectivity index (χ3n) is 6.06. The van der Waals surface area contributed by atoms with Crippen LogP contribution in [-0.2, 0) is 4.79 Å². The van der Waals surface area contributed by atoms with Gasteiger partial charge in [-0.05, 0) is 44.4 Å². The lowest BCUT2D eigenvalue weighted by molar-refractivity contribution is -0.111. The van der Waals surface area contributed by atoms with Crippen LogP contribution >= 0.6 is 0 Å². The Hall–Kier alpha value is -4.77. The van der Waals surface area contributed by atoms with E-state index in [4.69, 9.17) is 4.74 Å². The molecule has 0 bridgehead atoms. The van der Waals surface area contributed by atoms with Crippen LogP contribution in [0, 0.1) is 0 Å². The Morgan fingerprint density at radius 3 is 2.59 bits per heavy atom. The van der Waals surface area contributed by atoms with E-state index in [1.165, 1.54) is 13.0 Å². The molecule has 4 rings (SSSR count). The van der Waals surface area contributed by atoms with E-state index in [0.717, 1.165) is 24.3 Å². The molecule has 0 radical (unpaired) electrons. The number of likely N-dealkylation sites (N-methyl/N-ethyl adjacent to an activating group) is 2. The molecular weight excluding hydrogens is 496 g/mol. The minimum atomic E-state index is -0.334. The number of nitrogens with one attached hydrogen (secondary N) is 2. The summed E-state index contributed by atoms with van der Waals surface area (Å²) in [6, 6.07) is 11.0. The first kappa shape index (κ1) is 27.3. The molecule has 0 fully saturated rings. The second kappa shape index (κ2) is 11.7. The first-order valence-corrected chi connectivity index (χ1v) is 12.3. The van der Waals surface area contributed by atoms with Gasteiger partial charge < -0.3 is 25.2 Å². The summed E-state index contributed by atoms with van der Waals surface area (Å²) in [5, 5.41) is 6.09. The van der Waals surface area contributed by atoms with Crippen molar-refractivity contribution in [3.63, 3.8) is 0 Å². The summed E-state index contributed by atoms with van der Waals surface area (Å²) < 4.78 is 7.43. The van der Waals surface area contributed by atoms with Crippen molar-refractivity contribution in [1.82, 2.24) is 24.3 Å². The van der Waals surface area contributed by atoms with Crippen molar-refractivity contribution < 1.29 is 14.3 Å². The van der Waals surface area contributed by atoms with Crippen molar-refractivity contribution in [2.45, 2.75) is 6.92 Å². The second-order valence-corrected chi connectivity index (χ2v) is 9.17. The van der Waals surface area contributed by atoms with Crippen LogP contribution in [0.1, 0.15) is 17.5 Å². The van der Waals surface area contributed by atoms with Gasteiger partial charge in [-0.15, -0.1) is 0 Å². The molecule has 202 valence electrons. The predicted molar refractivity (Wildman–Crippen MR) is 153 cm³/mol. The molecule has 0 atom stereocenters. The van der Waals surface area contributed by atoms with Crippen molar-refractivity contribution in [3.8, 4) is 17.1 Å². The van der Waals surface area contributed by atoms with E-state index in [0.29, 0.717) is 40.3 Å². The number of benzene rings is 1. The lowest BCUT2D eigenvalue weighted by atomic mass is 10.2. The highest BCUT2D eigenvalue weighted by molar-refractivity contribution is 6.02. The number of ether oxygens (including phenoxy) is 1. The third-order valence-corrected chi connectivity index (χ3v) is 6.06. The Bertz CT molecular complexity index is 1530. The standard InChI is InChI=1S/C28H32N8O3/c1-7-25(38)30-20-16-21(24(39-6)17-23(20)35(5)15-14-34(3)4)32-28-29-12-11-19(31-28)26-22-10-8-9-13-36(22)27(33-26)18(2)37/h7-13,16-17H,1,14-15H2,2-6H3,(H,30,38)(H,29,31,32). The molecule has 3 aromatic heterocycles. The Labute approximate surface area is 227 Å². The first-order valence-electron chi connectivity index (χ1n) is 12.3. The minimum absolute atomic E-state index is 0.149. The van der Waals surface area contributed by atoms with Gasteiger partial charge in [0.15, 0.2) is 11.6 Å². The van der Waals surface area contributed by atoms with Gasteiger partial charge in [0.25, 0.3) is 0 Å². The zero-order valence-electron chi connectivity index (χ0n) is 22.7. The number of nitrogens with zero attached hydrogens (tertiary/aromatic N) is 6. The molecule has 11 nitrogen and oxygen atoms in total. The van der Waals surface area contributed by atoms with Gasteiger partial charge in [0.1, 0.15) is 11.4 Å². The average molecular weight is 529 g/mol. The third kappa shape index (κ3) is 6.04. The molecule has 0 unspecified atom stereocenters. The molecule has 11 heteroatoms. The quantitative estimate of drug-likeness (QED) is 0.221. The van der Waals surface area contributed by atoms with Crippen LogP contribution in [0.15, 0.2) is 61.4 Å². The van der Waals surface area contributed by atoms with Gasteiger partial charge >= 0.3 is 0 Å². The van der Waals surface area contributed by atoms with E-state index in [1.807, 2.05) is 50.3 Å². The van der Waals surface area contributed by atoms with Crippen LogP contribution < -0.4 is 20.3 Å². The summed E-state index contributed by atoms with van der Waals surface area (Å²) in [5.74, 6) is 0.677. The molecule has 39 heavy (non-hydrogen) atoms. The minimum Gasteiger partial charge on any atom is -0.494 e. The van der Waals surface area contributed by atoms with Gasteiger partial charge in [-0.2, -0.15) is 0 Å². The number of carbonyl (C=O) groups is 2. The number of carbonyl (C=O) groups excluding carboxylic acids is 2. The molecule has 0 saturated heterocycles. The fourth-order valence-electron chi connectivity index (χ4n) is 4.05. The van der Waals surface area contributed by atoms with Crippen LogP contribution in [0.5, 0.6) is 5.75 Å². The van der Waals surface area contributed by atoms with E-state index in [2.05, 4.69) is 37.1 Å². The molecule has 0 aliphatic carbocycles. The van der Waals surface area contributed by atoms with E-state index < -0.39 is 0 Å². The van der Waals surface area contributed by atoms with Gasteiger partial charge in [-0.3, -0.25) is 14.0 Å². The Morgan fingerprint density at radius 1 is 1.10 bits per heavy atom. The molecule has 0 aliphatic heterocycles. The van der Waals surface area contributed by atoms with Gasteiger partial charge in [0.05, 0.1) is 35.4 Å². The molecule has 2 N–H and O–H groups in total. The molecule has 0 aliphatic rings. The van der Waals surface area contributed by atoms with Crippen LogP contribution in [0.4, 0.5) is 23.0 Å². The maximum atomic E-state index is 12.2. The van der Waals surface area contributed by atoms with E-state index >= 15 is 0 Å². The highest BCUT2D eigenvalue weighted by Gasteiger charge is 2.19. The van der Waals surface area contributed by atoms with Gasteiger partial charge in [-0.1, -0.05) is 12.6 Å². The van der Waals surface area contributed by atoms with Crippen molar-refractivity contribution >= 4 is 40.2 Å². The van der Waals surface area contributed by atoms with Gasteiger partial charge in [-0.25, -0.2) is 15.0 Å². The Kier molecular flexibility index (Phi) is 8.21. The highest BCUT2D eigenvalue weighted by Crippen LogP contribution is 2.38. The second-order valence-electron chi connectivity index (χ2n) is 9.17. The SMILES string of the molecule is C=CC(=O)Nc1cc(Nc2nccc(-c3nc(C(C)=O)n4ccccc34)n2)c(OC)cc1N(C)CCN(C)C. The molecule has 0 spiro atoms. The van der Waals surface area contributed by atoms with Crippen LogP contribution in [0.25, 0.3) is 16.9 Å². The molecular formula is C28H32N8O3. The Morgan fingerprint density at radius 2 is 1.90 bits per heavy atom. The smallest absolute Gasteiger partial charge is 0.247 e. The lowest BCUT2D eigenvalue weighted by Gasteiger charge is -2.26. The van der Waals surface area contributed by atoms with Crippen molar-refractivity contribution in [1.29, 1.82) is 0 Å². The summed E-state index contributed by atoms with van der Waals surface area (Å²) in [7, 11) is 7.53. The summed E-state index contributed by atoms with van der Waals surface area (Å²) in [4.78, 5) is 42.1. The van der Waals surface area contributed by atoms with E-state index in [9.17, 15) is 9.59 Å². The molecule has 4 aromatic rings. The lowest BCUT2D eigenvalue weighted by Crippen LogP contribution is -2.29. The van der Waals surface area contributed by atoms with E-state index in [1.54, 1.807) is 36.0 Å². The summed E-state index contributed by atoms with van der Waals surface area (Å²) >= 11 is 0. The zero-order chi connectivity index (χ0) is 28.1. The number of amides is 1. The number of fused-ring (bicyclic) bond motifs is 1. The van der Waals surface area contributed by atoms with Crippen LogP contribution in [0.2, 0.25) is 0 Å². The number of aromatic nitrogens is 4. The topological polar surface area (TPSA) is 117 Å². The monoisotopic (exact) mass is 528 g/mol. The molecule has 3 heterocycles. The number of methoxy groups -OCH3 is 1. The predicted octanol–water partition coefficient (Wildman–Crippen LogP) is 3.87. The summed E-state index contributed by atoms with van der Waals surface area (Å²) in [6.07, 6.45) is 4.63. The zero-order valence-corrected chi connectivity index (χ0v) is 22.7. The molecule has 0 saturated carbocycles. The number of imidazole rings is 1. The molecule has 1 amide bonds. The summed E-state index contributed by atoms with van der Waals surface area (Å²) in [6.45, 7) is 6.60. The highest BCUT2D eigenvalue weighted by atomic mass is 16.5. The summed E-state index contributed by atoms with van der Waals surface area (Å²) in [5.41, 5.74) is 3.78. The number of hydrogen-bond donors (Lipinski definition) is 2. The van der Waals surface area contributed by atoms with Crippen molar-refractivity contribution in [2.75, 3.05) is 56.9 Å². The largest absolute Gasteiger partial charge is 0.494 e. The first-order chi connectivity index (χ1) is 18.7. The fraction of sp³-hybridized carbons (Fsp3) is 0.250. The Balaban J connectivity index is 1.73. The number of Topliss-reactive ketones (excluding diaryl/α,β-unsaturated/α-hetero) is 1. The van der Waals surface area contributed by atoms with Crippen molar-refractivity contribution in [2.24, 2.45) is 0 Å². The number of pyridine rings is 1. The van der Waals surface area contributed by atoms with Crippen LogP contribution in [0.3, 0.4) is 0 Å². The maximum absolute atomic E-state index is 12.2. The van der Waals surface area contributed by atoms with E-state index in [-0.39, 0.29) is 11.7 Å². The number of hydrogen-bond acceptors (Lipinski definition) is 9. The number of anilines is 4. The van der Waals surface area contributed by atoms with Gasteiger partial charge in [0.2, 0.25) is 11.9 Å². The number of rotatable bonds is 11. The fourth-order valence-corrected chi connectivity index (χ4v) is 4.05. The van der Waals surface area contributed by atoms with Crippen LogP contribution in [-0.4, -0.2) is 77.3 Å². The molecule has 1 aromatic carbocycles. The normalized spacial score (nSPS) is 10.9. The van der Waals surface area contributed by atoms with Crippen molar-refractivity contribution in [3.05, 3.63) is 67.3 Å². The average Bonchev–Trinajstić information content (AvgIpc) is 3.32. The number of ketones is 1.